The highest BCUT2D eigenvalue weighted by atomic mass is 32.1. The molecule has 2 aliphatic heterocycles. The number of likely N-dealkylation sites (tertiary alicyclic amines) is 2. The van der Waals surface area contributed by atoms with Crippen LogP contribution in [0.1, 0.15) is 44.4 Å². The van der Waals surface area contributed by atoms with Gasteiger partial charge in [-0.2, -0.15) is 0 Å². The SMILES string of the molecule is CC(=O)N1CCC(C(=O)N2CCCC(c3nnc(-c4cccs4)o3)C2)CC1. The number of aromatic nitrogens is 2. The van der Waals surface area contributed by atoms with Gasteiger partial charge in [-0.3, -0.25) is 9.59 Å². The molecule has 0 spiro atoms. The second kappa shape index (κ2) is 7.80. The number of thiophene rings is 1. The van der Waals surface area contributed by atoms with Crippen LogP contribution in [0.3, 0.4) is 0 Å². The second-order valence-electron chi connectivity index (χ2n) is 7.33. The fourth-order valence-electron chi connectivity index (χ4n) is 3.98. The highest BCUT2D eigenvalue weighted by molar-refractivity contribution is 7.13. The van der Waals surface area contributed by atoms with E-state index in [1.165, 1.54) is 0 Å². The van der Waals surface area contributed by atoms with E-state index in [4.69, 9.17) is 4.42 Å². The summed E-state index contributed by atoms with van der Waals surface area (Å²) >= 11 is 1.57. The lowest BCUT2D eigenvalue weighted by Gasteiger charge is -2.36. The van der Waals surface area contributed by atoms with Crippen molar-refractivity contribution < 1.29 is 14.0 Å². The summed E-state index contributed by atoms with van der Waals surface area (Å²) in [6, 6.07) is 3.92. The number of rotatable bonds is 3. The Kier molecular flexibility index (Phi) is 5.24. The Labute approximate surface area is 162 Å². The fourth-order valence-corrected chi connectivity index (χ4v) is 4.62. The largest absolute Gasteiger partial charge is 0.420 e. The third-order valence-electron chi connectivity index (χ3n) is 5.54. The summed E-state index contributed by atoms with van der Waals surface area (Å²) < 4.78 is 5.89. The molecule has 2 aromatic rings. The zero-order valence-corrected chi connectivity index (χ0v) is 16.3. The van der Waals surface area contributed by atoms with Crippen molar-refractivity contribution >= 4 is 23.2 Å². The normalized spacial score (nSPS) is 21.4. The molecule has 8 heteroatoms. The molecule has 0 saturated carbocycles. The second-order valence-corrected chi connectivity index (χ2v) is 8.27. The maximum atomic E-state index is 13.0. The molecule has 2 fully saturated rings. The summed E-state index contributed by atoms with van der Waals surface area (Å²) in [6.45, 7) is 4.37. The van der Waals surface area contributed by atoms with Gasteiger partial charge in [-0.1, -0.05) is 6.07 Å². The molecule has 2 amide bonds. The van der Waals surface area contributed by atoms with Crippen molar-refractivity contribution in [3.8, 4) is 10.8 Å². The van der Waals surface area contributed by atoms with E-state index in [1.807, 2.05) is 27.3 Å². The number of hydrogen-bond acceptors (Lipinski definition) is 6. The van der Waals surface area contributed by atoms with E-state index in [0.717, 1.165) is 37.1 Å². The Hall–Kier alpha value is -2.22. The van der Waals surface area contributed by atoms with Gasteiger partial charge in [0.2, 0.25) is 17.7 Å². The highest BCUT2D eigenvalue weighted by Crippen LogP contribution is 2.31. The van der Waals surface area contributed by atoms with Gasteiger partial charge in [0.05, 0.1) is 10.8 Å². The van der Waals surface area contributed by atoms with Crippen LogP contribution < -0.4 is 0 Å². The van der Waals surface area contributed by atoms with Crippen LogP contribution in [0.2, 0.25) is 0 Å². The number of hydrogen-bond donors (Lipinski definition) is 0. The highest BCUT2D eigenvalue weighted by Gasteiger charge is 2.33. The molecule has 1 unspecified atom stereocenters. The molecular formula is C19H24N4O3S. The fraction of sp³-hybridized carbons (Fsp3) is 0.579. The van der Waals surface area contributed by atoms with Crippen molar-refractivity contribution in [1.82, 2.24) is 20.0 Å². The number of amides is 2. The lowest BCUT2D eigenvalue weighted by atomic mass is 9.92. The standard InChI is InChI=1S/C19H24N4O3S/c1-13(24)22-9-6-14(7-10-22)19(25)23-8-2-4-15(12-23)17-20-21-18(26-17)16-5-3-11-27-16/h3,5,11,14-15H,2,4,6-10,12H2,1H3. The summed E-state index contributed by atoms with van der Waals surface area (Å²) in [5, 5.41) is 10.4. The predicted molar refractivity (Wildman–Crippen MR) is 101 cm³/mol. The van der Waals surface area contributed by atoms with Crippen molar-refractivity contribution in [3.63, 3.8) is 0 Å². The molecule has 0 N–H and O–H groups in total. The third-order valence-corrected chi connectivity index (χ3v) is 6.40. The first-order valence-electron chi connectivity index (χ1n) is 9.53. The van der Waals surface area contributed by atoms with Crippen LogP contribution in [0.4, 0.5) is 0 Å². The lowest BCUT2D eigenvalue weighted by molar-refractivity contribution is -0.141. The zero-order valence-electron chi connectivity index (χ0n) is 15.5. The van der Waals surface area contributed by atoms with Crippen molar-refractivity contribution in [2.24, 2.45) is 5.92 Å². The minimum atomic E-state index is 0.0173. The van der Waals surface area contributed by atoms with E-state index in [2.05, 4.69) is 10.2 Å². The molecule has 0 bridgehead atoms. The molecular weight excluding hydrogens is 364 g/mol. The van der Waals surface area contributed by atoms with Crippen LogP contribution in [-0.4, -0.2) is 58.0 Å². The van der Waals surface area contributed by atoms with Gasteiger partial charge < -0.3 is 14.2 Å². The summed E-state index contributed by atoms with van der Waals surface area (Å²) in [5.41, 5.74) is 0. The number of nitrogens with zero attached hydrogens (tertiary/aromatic N) is 4. The summed E-state index contributed by atoms with van der Waals surface area (Å²) in [4.78, 5) is 29.2. The van der Waals surface area contributed by atoms with Gasteiger partial charge in [0, 0.05) is 39.0 Å². The third kappa shape index (κ3) is 3.90. The molecule has 27 heavy (non-hydrogen) atoms. The molecule has 4 heterocycles. The van der Waals surface area contributed by atoms with Gasteiger partial charge >= 0.3 is 0 Å². The van der Waals surface area contributed by atoms with Crippen molar-refractivity contribution in [2.45, 2.75) is 38.5 Å². The predicted octanol–water partition coefficient (Wildman–Crippen LogP) is 2.76. The van der Waals surface area contributed by atoms with Crippen LogP contribution in [-0.2, 0) is 9.59 Å². The first kappa shape index (κ1) is 18.2. The monoisotopic (exact) mass is 388 g/mol. The van der Waals surface area contributed by atoms with Crippen LogP contribution in [0.5, 0.6) is 0 Å². The zero-order chi connectivity index (χ0) is 18.8. The van der Waals surface area contributed by atoms with Crippen molar-refractivity contribution in [3.05, 3.63) is 23.4 Å². The summed E-state index contributed by atoms with van der Waals surface area (Å²) in [7, 11) is 0. The van der Waals surface area contributed by atoms with Gasteiger partial charge in [-0.15, -0.1) is 21.5 Å². The van der Waals surface area contributed by atoms with E-state index in [0.29, 0.717) is 31.4 Å². The Bertz CT molecular complexity index is 796. The molecule has 0 radical (unpaired) electrons. The van der Waals surface area contributed by atoms with Crippen molar-refractivity contribution in [2.75, 3.05) is 26.2 Å². The summed E-state index contributed by atoms with van der Waals surface area (Å²) in [5.74, 6) is 1.60. The van der Waals surface area contributed by atoms with Gasteiger partial charge in [0.15, 0.2) is 0 Å². The van der Waals surface area contributed by atoms with Crippen LogP contribution >= 0.6 is 11.3 Å². The quantitative estimate of drug-likeness (QED) is 0.808. The topological polar surface area (TPSA) is 79.5 Å². The van der Waals surface area contributed by atoms with Gasteiger partial charge in [0.1, 0.15) is 0 Å². The molecule has 2 aromatic heterocycles. The first-order chi connectivity index (χ1) is 13.1. The molecule has 2 saturated heterocycles. The average molecular weight is 388 g/mol. The van der Waals surface area contributed by atoms with Crippen LogP contribution in [0.25, 0.3) is 10.8 Å². The molecule has 1 atom stereocenters. The first-order valence-corrected chi connectivity index (χ1v) is 10.4. The van der Waals surface area contributed by atoms with Gasteiger partial charge in [-0.25, -0.2) is 0 Å². The number of carbonyl (C=O) groups excluding carboxylic acids is 2. The van der Waals surface area contributed by atoms with Crippen molar-refractivity contribution in [1.29, 1.82) is 0 Å². The number of piperidine rings is 2. The minimum absolute atomic E-state index is 0.0173. The average Bonchev–Trinajstić information content (AvgIpc) is 3.39. The maximum Gasteiger partial charge on any atom is 0.257 e. The Morgan fingerprint density at radius 3 is 2.67 bits per heavy atom. The van der Waals surface area contributed by atoms with Gasteiger partial charge in [0.25, 0.3) is 5.89 Å². The van der Waals surface area contributed by atoms with E-state index in [9.17, 15) is 9.59 Å². The molecule has 7 nitrogen and oxygen atoms in total. The van der Waals surface area contributed by atoms with E-state index in [1.54, 1.807) is 18.3 Å². The molecule has 4 rings (SSSR count). The van der Waals surface area contributed by atoms with Gasteiger partial charge in [-0.05, 0) is 37.1 Å². The Balaban J connectivity index is 1.38. The number of carbonyl (C=O) groups is 2. The molecule has 2 aliphatic rings. The van der Waals surface area contributed by atoms with Crippen LogP contribution in [0, 0.1) is 5.92 Å². The lowest BCUT2D eigenvalue weighted by Crippen LogP contribution is -2.46. The van der Waals surface area contributed by atoms with Crippen LogP contribution in [0.15, 0.2) is 21.9 Å². The van der Waals surface area contributed by atoms with E-state index in [-0.39, 0.29) is 23.7 Å². The molecule has 0 aliphatic carbocycles. The summed E-state index contributed by atoms with van der Waals surface area (Å²) in [6.07, 6.45) is 3.41. The molecule has 144 valence electrons. The smallest absolute Gasteiger partial charge is 0.257 e. The Morgan fingerprint density at radius 1 is 1.15 bits per heavy atom. The van der Waals surface area contributed by atoms with E-state index < -0.39 is 0 Å². The van der Waals surface area contributed by atoms with E-state index >= 15 is 0 Å². The Morgan fingerprint density at radius 2 is 1.96 bits per heavy atom. The minimum Gasteiger partial charge on any atom is -0.420 e. The maximum absolute atomic E-state index is 13.0. The molecule has 0 aromatic carbocycles.